The molecule has 0 bridgehead atoms. The van der Waals surface area contributed by atoms with Gasteiger partial charge >= 0.3 is 0 Å². The minimum absolute atomic E-state index is 0.00532. The number of benzene rings is 4. The Kier molecular flexibility index (Phi) is 11.2. The van der Waals surface area contributed by atoms with Crippen molar-refractivity contribution >= 4 is 39.3 Å². The summed E-state index contributed by atoms with van der Waals surface area (Å²) in [7, 11) is 0. The van der Waals surface area contributed by atoms with Gasteiger partial charge in [0.2, 0.25) is 5.91 Å². The molecule has 3 aliphatic rings. The molecular weight excluding hydrogens is 717 g/mol. The normalized spacial score (nSPS) is 19.2. The van der Waals surface area contributed by atoms with Gasteiger partial charge in [-0.05, 0) is 118 Å². The molecule has 2 aromatic heterocycles. The monoisotopic (exact) mass is 766 g/mol. The number of phenols is 2. The van der Waals surface area contributed by atoms with Crippen LogP contribution in [0.25, 0.3) is 44.6 Å². The van der Waals surface area contributed by atoms with Crippen LogP contribution < -0.4 is 20.9 Å². The van der Waals surface area contributed by atoms with Crippen LogP contribution in [0.2, 0.25) is 0 Å². The quantitative estimate of drug-likeness (QED) is 0.133. The van der Waals surface area contributed by atoms with E-state index in [0.717, 1.165) is 96.4 Å². The second kappa shape index (κ2) is 16.7. The van der Waals surface area contributed by atoms with Crippen molar-refractivity contribution < 1.29 is 19.7 Å². The number of amides is 1. The molecule has 1 amide bonds. The SMILES string of the molecule is Cc1ccc2c(N3CC[C@@H](CN)C3)nc(-c3ccccc3O)nc2c1.Cc1ccc2c(N3CC[C@@H](CNC(=O)[C@H]4CCCO4)C3)nc(-c3ccccc3O)nc2c1. The zero-order chi connectivity index (χ0) is 39.5. The van der Waals surface area contributed by atoms with Crippen molar-refractivity contribution in [2.24, 2.45) is 17.6 Å². The molecule has 6 aromatic rings. The number of hydrogen-bond acceptors (Lipinski definition) is 11. The standard InChI is InChI=1S/C25H28N4O3.C20H22N4O/c1-16-8-9-18-20(13-16)27-23(19-5-2-3-6-21(19)30)28-24(18)29-11-10-17(15-29)14-26-25(31)22-7-4-12-32-22;1-13-6-7-15-17(10-13)22-19(16-4-2-3-5-18(16)25)23-20(15)24-9-8-14(11-21)12-24/h2-3,5-6,8-9,13,17,22,30H,4,7,10-12,14-15H2,1H3,(H,26,31);2-7,10,14,25H,8-9,11-12,21H2,1H3/t17-,22+;14-/m00/s1. The van der Waals surface area contributed by atoms with Gasteiger partial charge in [-0.15, -0.1) is 0 Å². The van der Waals surface area contributed by atoms with Crippen LogP contribution >= 0.6 is 0 Å². The Hall–Kier alpha value is -5.85. The summed E-state index contributed by atoms with van der Waals surface area (Å²) in [4.78, 5) is 36.0. The summed E-state index contributed by atoms with van der Waals surface area (Å²) in [5.74, 6) is 4.11. The number of aromatic hydroxyl groups is 2. The molecule has 9 rings (SSSR count). The molecule has 0 saturated carbocycles. The largest absolute Gasteiger partial charge is 0.507 e. The highest BCUT2D eigenvalue weighted by atomic mass is 16.5. The van der Waals surface area contributed by atoms with Crippen LogP contribution in [0.15, 0.2) is 84.9 Å². The van der Waals surface area contributed by atoms with Crippen molar-refractivity contribution in [3.63, 3.8) is 0 Å². The van der Waals surface area contributed by atoms with Crippen LogP contribution in [0.1, 0.15) is 36.8 Å². The lowest BCUT2D eigenvalue weighted by molar-refractivity contribution is -0.130. The zero-order valence-electron chi connectivity index (χ0n) is 32.6. The number of fused-ring (bicyclic) bond motifs is 2. The summed E-state index contributed by atoms with van der Waals surface area (Å²) in [6.45, 7) is 9.65. The van der Waals surface area contributed by atoms with Gasteiger partial charge in [0.1, 0.15) is 29.2 Å². The molecule has 3 atom stereocenters. The molecule has 294 valence electrons. The van der Waals surface area contributed by atoms with E-state index in [1.807, 2.05) is 31.2 Å². The fourth-order valence-electron chi connectivity index (χ4n) is 8.05. The van der Waals surface area contributed by atoms with Gasteiger partial charge in [0.15, 0.2) is 11.6 Å². The third kappa shape index (κ3) is 8.33. The van der Waals surface area contributed by atoms with Crippen LogP contribution in [-0.2, 0) is 9.53 Å². The van der Waals surface area contributed by atoms with Crippen LogP contribution in [0.3, 0.4) is 0 Å². The van der Waals surface area contributed by atoms with Crippen molar-refractivity contribution in [3.05, 3.63) is 96.1 Å². The molecule has 0 radical (unpaired) electrons. The first-order valence-electron chi connectivity index (χ1n) is 20.0. The molecule has 3 fully saturated rings. The second-order valence-corrected chi connectivity index (χ2v) is 15.5. The third-order valence-corrected chi connectivity index (χ3v) is 11.2. The Balaban J connectivity index is 0.000000165. The van der Waals surface area contributed by atoms with Gasteiger partial charge in [-0.3, -0.25) is 4.79 Å². The molecule has 0 aliphatic carbocycles. The summed E-state index contributed by atoms with van der Waals surface area (Å²) in [6.07, 6.45) is 3.54. The van der Waals surface area contributed by atoms with Gasteiger partial charge in [-0.25, -0.2) is 19.9 Å². The maximum absolute atomic E-state index is 12.3. The Bertz CT molecular complexity index is 2400. The van der Waals surface area contributed by atoms with Crippen molar-refractivity contribution in [1.29, 1.82) is 0 Å². The van der Waals surface area contributed by atoms with Crippen LogP contribution in [0, 0.1) is 25.7 Å². The molecule has 0 spiro atoms. The van der Waals surface area contributed by atoms with Crippen molar-refractivity contribution in [1.82, 2.24) is 25.3 Å². The number of carbonyl (C=O) groups is 1. The van der Waals surface area contributed by atoms with E-state index in [4.69, 9.17) is 30.4 Å². The van der Waals surface area contributed by atoms with E-state index in [0.29, 0.717) is 54.3 Å². The number of rotatable bonds is 8. The number of hydrogen-bond donors (Lipinski definition) is 4. The first-order chi connectivity index (χ1) is 27.7. The highest BCUT2D eigenvalue weighted by Crippen LogP contribution is 2.35. The number of ether oxygens (including phenoxy) is 1. The molecule has 57 heavy (non-hydrogen) atoms. The number of aryl methyl sites for hydroxylation is 2. The number of aromatic nitrogens is 4. The predicted octanol–water partition coefficient (Wildman–Crippen LogP) is 6.53. The molecule has 5 N–H and O–H groups in total. The van der Waals surface area contributed by atoms with Gasteiger partial charge in [-0.1, -0.05) is 36.4 Å². The van der Waals surface area contributed by atoms with Gasteiger partial charge in [0, 0.05) is 50.1 Å². The highest BCUT2D eigenvalue weighted by molar-refractivity contribution is 5.93. The van der Waals surface area contributed by atoms with Gasteiger partial charge in [0.05, 0.1) is 22.2 Å². The Morgan fingerprint density at radius 3 is 1.75 bits per heavy atom. The number of para-hydroxylation sites is 2. The van der Waals surface area contributed by atoms with Crippen LogP contribution in [0.4, 0.5) is 11.6 Å². The molecular formula is C45H50N8O4. The maximum Gasteiger partial charge on any atom is 0.249 e. The first kappa shape index (κ1) is 38.0. The lowest BCUT2D eigenvalue weighted by Gasteiger charge is -2.21. The van der Waals surface area contributed by atoms with Gasteiger partial charge in [-0.2, -0.15) is 0 Å². The number of nitrogens with two attached hydrogens (primary N) is 1. The van der Waals surface area contributed by atoms with Crippen LogP contribution in [-0.4, -0.2) is 88.0 Å². The fourth-order valence-corrected chi connectivity index (χ4v) is 8.05. The average molecular weight is 767 g/mol. The van der Waals surface area contributed by atoms with Gasteiger partial charge < -0.3 is 35.8 Å². The average Bonchev–Trinajstić information content (AvgIpc) is 4.03. The van der Waals surface area contributed by atoms with E-state index >= 15 is 0 Å². The Labute approximate surface area is 332 Å². The molecule has 3 saturated heterocycles. The van der Waals surface area contributed by atoms with Crippen molar-refractivity contribution in [2.45, 2.75) is 45.6 Å². The molecule has 4 aromatic carbocycles. The molecule has 5 heterocycles. The van der Waals surface area contributed by atoms with E-state index in [2.05, 4.69) is 58.4 Å². The Morgan fingerprint density at radius 1 is 0.737 bits per heavy atom. The molecule has 3 aliphatic heterocycles. The summed E-state index contributed by atoms with van der Waals surface area (Å²) < 4.78 is 5.48. The topological polar surface area (TPSA) is 163 Å². The zero-order valence-corrected chi connectivity index (χ0v) is 32.6. The number of carbonyl (C=O) groups excluding carboxylic acids is 1. The summed E-state index contributed by atoms with van der Waals surface area (Å²) in [5, 5.41) is 25.7. The van der Waals surface area contributed by atoms with E-state index in [1.54, 1.807) is 24.3 Å². The molecule has 12 heteroatoms. The fraction of sp³-hybridized carbons (Fsp3) is 0.356. The number of phenolic OH excluding ortho intramolecular Hbond substituents is 2. The van der Waals surface area contributed by atoms with Crippen molar-refractivity contribution in [3.8, 4) is 34.3 Å². The van der Waals surface area contributed by atoms with E-state index < -0.39 is 0 Å². The number of anilines is 2. The van der Waals surface area contributed by atoms with E-state index in [1.165, 1.54) is 0 Å². The minimum atomic E-state index is -0.289. The Morgan fingerprint density at radius 2 is 1.26 bits per heavy atom. The van der Waals surface area contributed by atoms with E-state index in [-0.39, 0.29) is 23.5 Å². The summed E-state index contributed by atoms with van der Waals surface area (Å²) in [5.41, 5.74) is 11.2. The summed E-state index contributed by atoms with van der Waals surface area (Å²) in [6, 6.07) is 26.8. The first-order valence-corrected chi connectivity index (χ1v) is 20.0. The lowest BCUT2D eigenvalue weighted by Crippen LogP contribution is -2.37. The van der Waals surface area contributed by atoms with Crippen LogP contribution in [0.5, 0.6) is 11.5 Å². The maximum atomic E-state index is 12.3. The minimum Gasteiger partial charge on any atom is -0.507 e. The lowest BCUT2D eigenvalue weighted by atomic mass is 10.1. The highest BCUT2D eigenvalue weighted by Gasteiger charge is 2.29. The van der Waals surface area contributed by atoms with Gasteiger partial charge in [0.25, 0.3) is 0 Å². The predicted molar refractivity (Wildman–Crippen MR) is 224 cm³/mol. The second-order valence-electron chi connectivity index (χ2n) is 15.5. The molecule has 12 nitrogen and oxygen atoms in total. The molecule has 0 unspecified atom stereocenters. The number of nitrogens with zero attached hydrogens (tertiary/aromatic N) is 6. The van der Waals surface area contributed by atoms with E-state index in [9.17, 15) is 15.0 Å². The summed E-state index contributed by atoms with van der Waals surface area (Å²) >= 11 is 0. The smallest absolute Gasteiger partial charge is 0.249 e. The van der Waals surface area contributed by atoms with Crippen molar-refractivity contribution in [2.75, 3.05) is 55.7 Å². The third-order valence-electron chi connectivity index (χ3n) is 11.2. The number of nitrogens with one attached hydrogen (secondary N) is 1.